The molecule has 110 valence electrons. The summed E-state index contributed by atoms with van der Waals surface area (Å²) in [5.74, 6) is -1.13. The van der Waals surface area contributed by atoms with Gasteiger partial charge in [-0.1, -0.05) is 17.7 Å². The molecular formula is C13H8ClF3N2O2. The number of benzene rings is 1. The van der Waals surface area contributed by atoms with Crippen molar-refractivity contribution in [1.29, 1.82) is 0 Å². The van der Waals surface area contributed by atoms with Crippen LogP contribution >= 0.6 is 11.6 Å². The summed E-state index contributed by atoms with van der Waals surface area (Å²) in [5.41, 5.74) is -0.234. The normalized spacial score (nSPS) is 12.0. The lowest BCUT2D eigenvalue weighted by molar-refractivity contribution is -0.141. The summed E-state index contributed by atoms with van der Waals surface area (Å²) in [4.78, 5) is 10.4. The number of aromatic nitrogens is 2. The Morgan fingerprint density at radius 2 is 2.05 bits per heavy atom. The van der Waals surface area contributed by atoms with Crippen LogP contribution in [0.4, 0.5) is 13.2 Å². The lowest BCUT2D eigenvalue weighted by Crippen LogP contribution is -2.07. The highest BCUT2D eigenvalue weighted by Crippen LogP contribution is 2.28. The standard InChI is InChI=1S/C13H8ClF3N2O2/c14-10-7-9(3-1-8(10)2-4-12(20)21)19-6-5-11(18-19)13(15,16)17/h1-7H,(H,20,21)/b4-2+. The maximum absolute atomic E-state index is 12.5. The Kier molecular flexibility index (Phi) is 4.04. The molecule has 0 aliphatic heterocycles. The van der Waals surface area contributed by atoms with Crippen LogP contribution in [0.5, 0.6) is 0 Å². The number of rotatable bonds is 3. The Morgan fingerprint density at radius 3 is 2.57 bits per heavy atom. The third-order valence-electron chi connectivity index (χ3n) is 2.53. The maximum Gasteiger partial charge on any atom is 0.435 e. The van der Waals surface area contributed by atoms with Gasteiger partial charge >= 0.3 is 12.1 Å². The number of aliphatic carboxylic acids is 1. The maximum atomic E-state index is 12.5. The molecule has 0 radical (unpaired) electrons. The fraction of sp³-hybridized carbons (Fsp3) is 0.0769. The van der Waals surface area contributed by atoms with E-state index < -0.39 is 17.8 Å². The molecule has 0 spiro atoms. The minimum absolute atomic E-state index is 0.203. The van der Waals surface area contributed by atoms with Gasteiger partial charge in [0.15, 0.2) is 5.69 Å². The molecule has 0 unspecified atom stereocenters. The molecule has 0 aliphatic rings. The second-order valence-corrected chi connectivity index (χ2v) is 4.43. The average Bonchev–Trinajstić information content (AvgIpc) is 2.86. The molecule has 8 heteroatoms. The molecule has 1 aromatic heterocycles. The summed E-state index contributed by atoms with van der Waals surface area (Å²) in [6, 6.07) is 5.23. The first-order valence-electron chi connectivity index (χ1n) is 5.61. The number of halogens is 4. The van der Waals surface area contributed by atoms with Crippen LogP contribution in [0, 0.1) is 0 Å². The van der Waals surface area contributed by atoms with Crippen molar-refractivity contribution in [1.82, 2.24) is 9.78 Å². The second kappa shape index (κ2) is 5.61. The smallest absolute Gasteiger partial charge is 0.435 e. The van der Waals surface area contributed by atoms with E-state index in [1.54, 1.807) is 0 Å². The number of carboxylic acids is 1. The van der Waals surface area contributed by atoms with E-state index in [1.165, 1.54) is 30.5 Å². The quantitative estimate of drug-likeness (QED) is 0.880. The van der Waals surface area contributed by atoms with Gasteiger partial charge in [0.1, 0.15) is 0 Å². The topological polar surface area (TPSA) is 55.1 Å². The Labute approximate surface area is 122 Å². The van der Waals surface area contributed by atoms with Gasteiger partial charge in [0, 0.05) is 17.3 Å². The van der Waals surface area contributed by atoms with Gasteiger partial charge in [-0.3, -0.25) is 0 Å². The van der Waals surface area contributed by atoms with E-state index in [4.69, 9.17) is 16.7 Å². The summed E-state index contributed by atoms with van der Waals surface area (Å²) in [7, 11) is 0. The number of hydrogen-bond acceptors (Lipinski definition) is 2. The molecule has 0 saturated heterocycles. The molecule has 2 rings (SSSR count). The molecule has 1 N–H and O–H groups in total. The van der Waals surface area contributed by atoms with Crippen molar-refractivity contribution in [3.05, 3.63) is 52.8 Å². The summed E-state index contributed by atoms with van der Waals surface area (Å²) < 4.78 is 38.5. The lowest BCUT2D eigenvalue weighted by atomic mass is 10.2. The first kappa shape index (κ1) is 15.1. The highest BCUT2D eigenvalue weighted by Gasteiger charge is 2.33. The Bertz CT molecular complexity index is 708. The Morgan fingerprint density at radius 1 is 1.33 bits per heavy atom. The largest absolute Gasteiger partial charge is 0.478 e. The van der Waals surface area contributed by atoms with Crippen LogP contribution in [-0.4, -0.2) is 20.9 Å². The lowest BCUT2D eigenvalue weighted by Gasteiger charge is -2.05. The molecule has 1 heterocycles. The Balaban J connectivity index is 2.32. The van der Waals surface area contributed by atoms with Gasteiger partial charge in [0.25, 0.3) is 0 Å². The van der Waals surface area contributed by atoms with Crippen LogP contribution in [0.3, 0.4) is 0 Å². The van der Waals surface area contributed by atoms with Crippen LogP contribution in [-0.2, 0) is 11.0 Å². The number of alkyl halides is 3. The molecule has 21 heavy (non-hydrogen) atoms. The third-order valence-corrected chi connectivity index (χ3v) is 2.86. The van der Waals surface area contributed by atoms with Gasteiger partial charge < -0.3 is 5.11 Å². The van der Waals surface area contributed by atoms with E-state index in [2.05, 4.69) is 5.10 Å². The van der Waals surface area contributed by atoms with Gasteiger partial charge in [-0.15, -0.1) is 0 Å². The minimum Gasteiger partial charge on any atom is -0.478 e. The van der Waals surface area contributed by atoms with Crippen LogP contribution in [0.2, 0.25) is 5.02 Å². The third kappa shape index (κ3) is 3.63. The van der Waals surface area contributed by atoms with E-state index in [1.807, 2.05) is 0 Å². The van der Waals surface area contributed by atoms with Crippen molar-refractivity contribution in [2.75, 3.05) is 0 Å². The first-order valence-corrected chi connectivity index (χ1v) is 5.99. The van der Waals surface area contributed by atoms with Gasteiger partial charge in [0.2, 0.25) is 0 Å². The molecule has 1 aromatic carbocycles. The zero-order chi connectivity index (χ0) is 15.6. The van der Waals surface area contributed by atoms with Crippen LogP contribution in [0.1, 0.15) is 11.3 Å². The van der Waals surface area contributed by atoms with E-state index in [0.717, 1.165) is 16.8 Å². The van der Waals surface area contributed by atoms with Gasteiger partial charge in [-0.25, -0.2) is 9.48 Å². The highest BCUT2D eigenvalue weighted by atomic mass is 35.5. The fourth-order valence-electron chi connectivity index (χ4n) is 1.57. The fourth-order valence-corrected chi connectivity index (χ4v) is 1.81. The molecule has 0 aliphatic carbocycles. The van der Waals surface area contributed by atoms with E-state index in [0.29, 0.717) is 11.3 Å². The second-order valence-electron chi connectivity index (χ2n) is 4.02. The van der Waals surface area contributed by atoms with E-state index >= 15 is 0 Å². The number of carbonyl (C=O) groups is 1. The van der Waals surface area contributed by atoms with Crippen molar-refractivity contribution in [3.8, 4) is 5.69 Å². The summed E-state index contributed by atoms with van der Waals surface area (Å²) in [6.07, 6.45) is -1.14. The molecule has 4 nitrogen and oxygen atoms in total. The average molecular weight is 317 g/mol. The molecule has 0 bridgehead atoms. The van der Waals surface area contributed by atoms with Crippen molar-refractivity contribution >= 4 is 23.6 Å². The number of carboxylic acid groups (broad SMARTS) is 1. The molecule has 0 saturated carbocycles. The van der Waals surface area contributed by atoms with Gasteiger partial charge in [-0.2, -0.15) is 18.3 Å². The Hall–Kier alpha value is -2.28. The summed E-state index contributed by atoms with van der Waals surface area (Å²) >= 11 is 5.95. The predicted octanol–water partition coefficient (Wildman–Crippen LogP) is 3.64. The van der Waals surface area contributed by atoms with Crippen LogP contribution in [0.15, 0.2) is 36.5 Å². The van der Waals surface area contributed by atoms with Gasteiger partial charge in [-0.05, 0) is 29.8 Å². The first-order chi connectivity index (χ1) is 9.77. The monoisotopic (exact) mass is 316 g/mol. The summed E-state index contributed by atoms with van der Waals surface area (Å²) in [6.45, 7) is 0. The predicted molar refractivity (Wildman–Crippen MR) is 70.2 cm³/mol. The molecule has 0 atom stereocenters. The van der Waals surface area contributed by atoms with Crippen molar-refractivity contribution in [2.45, 2.75) is 6.18 Å². The van der Waals surface area contributed by atoms with Crippen LogP contribution in [0.25, 0.3) is 11.8 Å². The molecular weight excluding hydrogens is 309 g/mol. The zero-order valence-corrected chi connectivity index (χ0v) is 11.1. The molecule has 0 fully saturated rings. The SMILES string of the molecule is O=C(O)/C=C/c1ccc(-n2ccc(C(F)(F)F)n2)cc1Cl. The highest BCUT2D eigenvalue weighted by molar-refractivity contribution is 6.32. The van der Waals surface area contributed by atoms with Crippen molar-refractivity contribution < 1.29 is 23.1 Å². The summed E-state index contributed by atoms with van der Waals surface area (Å²) in [5, 5.41) is 12.1. The van der Waals surface area contributed by atoms with E-state index in [-0.39, 0.29) is 5.02 Å². The van der Waals surface area contributed by atoms with Crippen molar-refractivity contribution in [2.24, 2.45) is 0 Å². The minimum atomic E-state index is -4.51. The van der Waals surface area contributed by atoms with E-state index in [9.17, 15) is 18.0 Å². The van der Waals surface area contributed by atoms with Gasteiger partial charge in [0.05, 0.1) is 5.69 Å². The number of nitrogens with zero attached hydrogens (tertiary/aromatic N) is 2. The van der Waals surface area contributed by atoms with Crippen LogP contribution < -0.4 is 0 Å². The zero-order valence-electron chi connectivity index (χ0n) is 10.3. The van der Waals surface area contributed by atoms with Crippen molar-refractivity contribution in [3.63, 3.8) is 0 Å². The number of hydrogen-bond donors (Lipinski definition) is 1. The molecule has 2 aromatic rings. The molecule has 0 amide bonds.